The predicted octanol–water partition coefficient (Wildman–Crippen LogP) is 5.02. The van der Waals surface area contributed by atoms with Crippen LogP contribution in [0.5, 0.6) is 0 Å². The van der Waals surface area contributed by atoms with Crippen molar-refractivity contribution in [3.8, 4) is 0 Å². The maximum Gasteiger partial charge on any atom is 0.246 e. The van der Waals surface area contributed by atoms with Gasteiger partial charge < -0.3 is 4.90 Å². The smallest absolute Gasteiger partial charge is 0.246 e. The van der Waals surface area contributed by atoms with Gasteiger partial charge in [0, 0.05) is 47.0 Å². The molecule has 0 aliphatic rings. The Morgan fingerprint density at radius 1 is 0.594 bits per heavy atom. The molecule has 0 bridgehead atoms. The number of carbonyl (C=O) groups is 3. The molecule has 0 unspecified atom stereocenters. The van der Waals surface area contributed by atoms with E-state index in [0.717, 1.165) is 25.9 Å². The Kier molecular flexibility index (Phi) is 22.9. The molecule has 0 saturated carbocycles. The van der Waals surface area contributed by atoms with Gasteiger partial charge in [-0.05, 0) is 12.8 Å². The van der Waals surface area contributed by atoms with Crippen LogP contribution in [0.3, 0.4) is 0 Å². The molecule has 0 aliphatic heterocycles. The highest BCUT2D eigenvalue weighted by Crippen LogP contribution is 2.10. The Balaban J connectivity index is 0. The quantitative estimate of drug-likeness (QED) is 0.181. The van der Waals surface area contributed by atoms with Gasteiger partial charge in [-0.25, -0.2) is 10.1 Å². The SMILES string of the molecule is CC(=O)N(C)O.CCCCCCCCN(CCCCCCCC)C(=O)CCC(=O)N(C)O. The molecule has 0 radical (unpaired) electrons. The average molecular weight is 460 g/mol. The highest BCUT2D eigenvalue weighted by atomic mass is 16.5. The molecule has 0 saturated heterocycles. The summed E-state index contributed by atoms with van der Waals surface area (Å²) in [6.07, 6.45) is 14.8. The third-order valence-electron chi connectivity index (χ3n) is 5.29. The van der Waals surface area contributed by atoms with E-state index < -0.39 is 5.91 Å². The number of rotatable bonds is 17. The van der Waals surface area contributed by atoms with Crippen LogP contribution in [0.15, 0.2) is 0 Å². The van der Waals surface area contributed by atoms with Crippen molar-refractivity contribution >= 4 is 17.7 Å². The van der Waals surface area contributed by atoms with Crippen molar-refractivity contribution in [2.75, 3.05) is 27.2 Å². The van der Waals surface area contributed by atoms with Gasteiger partial charge in [0.25, 0.3) is 0 Å². The third-order valence-corrected chi connectivity index (χ3v) is 5.29. The summed E-state index contributed by atoms with van der Waals surface area (Å²) in [5.41, 5.74) is 0. The minimum Gasteiger partial charge on any atom is -0.343 e. The van der Waals surface area contributed by atoms with E-state index >= 15 is 0 Å². The van der Waals surface area contributed by atoms with Crippen LogP contribution in [0, 0.1) is 0 Å². The minimum absolute atomic E-state index is 0.0438. The normalized spacial score (nSPS) is 10.2. The van der Waals surface area contributed by atoms with Crippen LogP contribution in [0.25, 0.3) is 0 Å². The van der Waals surface area contributed by atoms with Gasteiger partial charge in [-0.3, -0.25) is 24.8 Å². The number of carbonyl (C=O) groups excluding carboxylic acids is 3. The summed E-state index contributed by atoms with van der Waals surface area (Å²) in [6, 6.07) is 0. The van der Waals surface area contributed by atoms with Gasteiger partial charge in [0.15, 0.2) is 0 Å². The second kappa shape index (κ2) is 22.5. The van der Waals surface area contributed by atoms with Crippen molar-refractivity contribution in [1.82, 2.24) is 15.0 Å². The monoisotopic (exact) mass is 459 g/mol. The summed E-state index contributed by atoms with van der Waals surface area (Å²) in [5.74, 6) is -0.713. The molecular weight excluding hydrogens is 410 g/mol. The molecule has 0 aromatic heterocycles. The van der Waals surface area contributed by atoms with Crippen molar-refractivity contribution in [3.05, 3.63) is 0 Å². The number of nitrogens with zero attached hydrogens (tertiary/aromatic N) is 3. The van der Waals surface area contributed by atoms with Gasteiger partial charge >= 0.3 is 0 Å². The highest BCUT2D eigenvalue weighted by Gasteiger charge is 2.15. The van der Waals surface area contributed by atoms with Crippen molar-refractivity contribution in [3.63, 3.8) is 0 Å². The predicted molar refractivity (Wildman–Crippen MR) is 127 cm³/mol. The Morgan fingerprint density at radius 3 is 1.28 bits per heavy atom. The highest BCUT2D eigenvalue weighted by molar-refractivity contribution is 5.83. The average Bonchev–Trinajstić information content (AvgIpc) is 2.75. The molecule has 0 heterocycles. The molecule has 32 heavy (non-hydrogen) atoms. The second-order valence-electron chi connectivity index (χ2n) is 8.38. The zero-order valence-corrected chi connectivity index (χ0v) is 21.3. The number of hydroxylamine groups is 4. The zero-order valence-electron chi connectivity index (χ0n) is 21.3. The van der Waals surface area contributed by atoms with Gasteiger partial charge in [-0.2, -0.15) is 0 Å². The first-order valence-electron chi connectivity index (χ1n) is 12.3. The maximum atomic E-state index is 12.5. The summed E-state index contributed by atoms with van der Waals surface area (Å²) >= 11 is 0. The lowest BCUT2D eigenvalue weighted by atomic mass is 10.1. The first-order valence-corrected chi connectivity index (χ1v) is 12.3. The number of hydrogen-bond donors (Lipinski definition) is 2. The van der Waals surface area contributed by atoms with E-state index in [2.05, 4.69) is 13.8 Å². The van der Waals surface area contributed by atoms with Crippen molar-refractivity contribution in [1.29, 1.82) is 0 Å². The molecular formula is C24H49N3O5. The first-order chi connectivity index (χ1) is 15.2. The van der Waals surface area contributed by atoms with E-state index in [1.807, 2.05) is 4.90 Å². The zero-order chi connectivity index (χ0) is 24.8. The molecule has 0 atom stereocenters. The van der Waals surface area contributed by atoms with E-state index in [0.29, 0.717) is 10.1 Å². The Morgan fingerprint density at radius 2 is 0.938 bits per heavy atom. The second-order valence-corrected chi connectivity index (χ2v) is 8.38. The lowest BCUT2D eigenvalue weighted by Crippen LogP contribution is -2.34. The van der Waals surface area contributed by atoms with Crippen LogP contribution in [-0.4, -0.2) is 70.3 Å². The molecule has 190 valence electrons. The van der Waals surface area contributed by atoms with E-state index in [9.17, 15) is 14.4 Å². The first kappa shape index (κ1) is 32.5. The van der Waals surface area contributed by atoms with E-state index in [4.69, 9.17) is 10.4 Å². The molecule has 8 nitrogen and oxygen atoms in total. The Bertz CT molecular complexity index is 468. The van der Waals surface area contributed by atoms with Gasteiger partial charge in [-0.15, -0.1) is 0 Å². The van der Waals surface area contributed by atoms with Crippen LogP contribution < -0.4 is 0 Å². The Labute approximate surface area is 195 Å². The lowest BCUT2D eigenvalue weighted by Gasteiger charge is -2.23. The fourth-order valence-corrected chi connectivity index (χ4v) is 3.06. The summed E-state index contributed by atoms with van der Waals surface area (Å²) in [7, 11) is 2.58. The largest absolute Gasteiger partial charge is 0.343 e. The van der Waals surface area contributed by atoms with Gasteiger partial charge in [-0.1, -0.05) is 78.1 Å². The summed E-state index contributed by atoms with van der Waals surface area (Å²) in [6.45, 7) is 7.30. The van der Waals surface area contributed by atoms with E-state index in [-0.39, 0.29) is 24.7 Å². The summed E-state index contributed by atoms with van der Waals surface area (Å²) < 4.78 is 0. The maximum absolute atomic E-state index is 12.5. The molecule has 0 spiro atoms. The lowest BCUT2D eigenvalue weighted by molar-refractivity contribution is -0.160. The molecule has 0 aromatic rings. The van der Waals surface area contributed by atoms with Crippen molar-refractivity contribution in [2.24, 2.45) is 0 Å². The van der Waals surface area contributed by atoms with Crippen LogP contribution in [0.2, 0.25) is 0 Å². The molecule has 0 fully saturated rings. The van der Waals surface area contributed by atoms with E-state index in [1.165, 1.54) is 85.2 Å². The molecule has 8 heteroatoms. The molecule has 0 rings (SSSR count). The number of hydrogen-bond acceptors (Lipinski definition) is 5. The summed E-state index contributed by atoms with van der Waals surface area (Å²) in [5, 5.41) is 18.3. The molecule has 0 aliphatic carbocycles. The molecule has 2 N–H and O–H groups in total. The minimum atomic E-state index is -0.405. The standard InChI is InChI=1S/C21H42N2O3.C3H7NO2/c1-4-6-8-10-12-14-18-23(19-15-13-11-9-7-5-2)21(25)17-16-20(24)22(3)26;1-3(5)4(2)6/h26H,4-19H2,1-3H3;6H,1-2H3. The number of unbranched alkanes of at least 4 members (excludes halogenated alkanes) is 10. The van der Waals surface area contributed by atoms with Crippen LogP contribution in [-0.2, 0) is 14.4 Å². The molecule has 3 amide bonds. The van der Waals surface area contributed by atoms with Crippen LogP contribution in [0.4, 0.5) is 0 Å². The van der Waals surface area contributed by atoms with Crippen LogP contribution >= 0.6 is 0 Å². The van der Waals surface area contributed by atoms with Gasteiger partial charge in [0.2, 0.25) is 17.7 Å². The fraction of sp³-hybridized carbons (Fsp3) is 0.875. The third kappa shape index (κ3) is 21.6. The van der Waals surface area contributed by atoms with Gasteiger partial charge in [0.05, 0.1) is 0 Å². The van der Waals surface area contributed by atoms with Crippen LogP contribution in [0.1, 0.15) is 111 Å². The molecule has 0 aromatic carbocycles. The van der Waals surface area contributed by atoms with Crippen molar-refractivity contribution < 1.29 is 24.8 Å². The van der Waals surface area contributed by atoms with Crippen molar-refractivity contribution in [2.45, 2.75) is 111 Å². The van der Waals surface area contributed by atoms with E-state index in [1.54, 1.807) is 0 Å². The Hall–Kier alpha value is -1.67. The summed E-state index contributed by atoms with van der Waals surface area (Å²) in [4.78, 5) is 35.7. The number of amides is 3. The fourth-order valence-electron chi connectivity index (χ4n) is 3.06. The van der Waals surface area contributed by atoms with Gasteiger partial charge in [0.1, 0.15) is 0 Å². The topological polar surface area (TPSA) is 101 Å².